The van der Waals surface area contributed by atoms with Crippen LogP contribution in [-0.2, 0) is 14.4 Å². The lowest BCUT2D eigenvalue weighted by Crippen LogP contribution is -2.51. The number of nitrogens with zero attached hydrogens (tertiary/aromatic N) is 1. The summed E-state index contributed by atoms with van der Waals surface area (Å²) in [5.41, 5.74) is 0. The topological polar surface area (TPSA) is 112 Å². The van der Waals surface area contributed by atoms with Gasteiger partial charge >= 0.3 is 17.9 Å². The molecule has 0 radical (unpaired) electrons. The van der Waals surface area contributed by atoms with Gasteiger partial charge in [-0.25, -0.2) is 0 Å². The fourth-order valence-corrected chi connectivity index (χ4v) is 6.12. The minimum atomic E-state index is -0.825. The second-order valence-electron chi connectivity index (χ2n) is 12.8. The van der Waals surface area contributed by atoms with Gasteiger partial charge in [-0.1, -0.05) is 109 Å². The van der Waals surface area contributed by atoms with Crippen LogP contribution in [-0.4, -0.2) is 63.9 Å². The van der Waals surface area contributed by atoms with Crippen LogP contribution in [0.25, 0.3) is 0 Å². The maximum atomic E-state index is 11.1. The first-order valence-corrected chi connectivity index (χ1v) is 18.0. The van der Waals surface area contributed by atoms with Crippen LogP contribution in [0, 0.1) is 0 Å². The van der Waals surface area contributed by atoms with Crippen LogP contribution < -0.4 is 0 Å². The highest BCUT2D eigenvalue weighted by molar-refractivity contribution is 5.67. The molecular weight excluding hydrogens is 542 g/mol. The molecule has 252 valence electrons. The van der Waals surface area contributed by atoms with Gasteiger partial charge in [0.05, 0.1) is 45.4 Å². The summed E-state index contributed by atoms with van der Waals surface area (Å²) in [6.07, 6.45) is 32.6. The summed E-state index contributed by atoms with van der Waals surface area (Å²) in [7, 11) is 0. The molecule has 0 rings (SSSR count). The van der Waals surface area contributed by atoms with E-state index in [0.717, 1.165) is 19.4 Å². The standard InChI is InChI=1S/C36H67NO6/c1-2-3-4-5-6-7-8-9-10-11-12-13-14-15-16-17-18-19-20-21-22-23-30-37(31-24-27-34(38)39,32-25-28-35(40)41)33-26-29-36(42)43/h13-14H,2-12,15-33H2,1H3,(H2-,38,39,40,41,42,43)/p+1/b14-13+. The van der Waals surface area contributed by atoms with Crippen molar-refractivity contribution >= 4 is 17.9 Å². The monoisotopic (exact) mass is 611 g/mol. The number of carboxylic acid groups (broad SMARTS) is 3. The number of aliphatic carboxylic acids is 3. The number of quaternary nitrogens is 1. The summed E-state index contributed by atoms with van der Waals surface area (Å²) >= 11 is 0. The van der Waals surface area contributed by atoms with E-state index in [1.165, 1.54) is 116 Å². The van der Waals surface area contributed by atoms with Crippen molar-refractivity contribution in [2.75, 3.05) is 26.2 Å². The molecule has 0 aromatic heterocycles. The van der Waals surface area contributed by atoms with Crippen LogP contribution in [0.15, 0.2) is 12.2 Å². The number of carboxylic acids is 3. The van der Waals surface area contributed by atoms with E-state index < -0.39 is 17.9 Å². The predicted molar refractivity (Wildman–Crippen MR) is 177 cm³/mol. The molecule has 7 nitrogen and oxygen atoms in total. The molecule has 7 heteroatoms. The number of unbranched alkanes of at least 4 members (excludes halogenated alkanes) is 18. The van der Waals surface area contributed by atoms with Crippen LogP contribution in [0.2, 0.25) is 0 Å². The van der Waals surface area contributed by atoms with Crippen LogP contribution in [0.5, 0.6) is 0 Å². The Morgan fingerprint density at radius 2 is 0.698 bits per heavy atom. The minimum absolute atomic E-state index is 0.0903. The Labute approximate surface area is 264 Å². The molecular formula is C36H68NO6+. The zero-order chi connectivity index (χ0) is 31.9. The molecule has 43 heavy (non-hydrogen) atoms. The van der Waals surface area contributed by atoms with Gasteiger partial charge in [0, 0.05) is 19.3 Å². The summed E-state index contributed by atoms with van der Waals surface area (Å²) in [4.78, 5) is 33.3. The third-order valence-corrected chi connectivity index (χ3v) is 8.71. The van der Waals surface area contributed by atoms with Crippen molar-refractivity contribution in [3.05, 3.63) is 12.2 Å². The summed E-state index contributed by atoms with van der Waals surface area (Å²) < 4.78 is 0.639. The lowest BCUT2D eigenvalue weighted by molar-refractivity contribution is -0.929. The van der Waals surface area contributed by atoms with Gasteiger partial charge in [0.1, 0.15) is 0 Å². The molecule has 0 saturated carbocycles. The van der Waals surface area contributed by atoms with E-state index in [2.05, 4.69) is 19.1 Å². The average Bonchev–Trinajstić information content (AvgIpc) is 2.95. The molecule has 0 aliphatic heterocycles. The maximum absolute atomic E-state index is 11.1. The highest BCUT2D eigenvalue weighted by Crippen LogP contribution is 2.19. The van der Waals surface area contributed by atoms with E-state index in [1.807, 2.05) is 0 Å². The number of hydrogen-bond donors (Lipinski definition) is 3. The van der Waals surface area contributed by atoms with E-state index in [0.29, 0.717) is 43.4 Å². The Morgan fingerprint density at radius 3 is 1.02 bits per heavy atom. The Kier molecular flexibility index (Phi) is 28.8. The Balaban J connectivity index is 4.02. The Hall–Kier alpha value is -1.89. The van der Waals surface area contributed by atoms with Crippen molar-refractivity contribution in [2.24, 2.45) is 0 Å². The van der Waals surface area contributed by atoms with Crippen LogP contribution in [0.4, 0.5) is 0 Å². The minimum Gasteiger partial charge on any atom is -0.481 e. The Morgan fingerprint density at radius 1 is 0.419 bits per heavy atom. The molecule has 0 aliphatic rings. The highest BCUT2D eigenvalue weighted by atomic mass is 16.4. The third kappa shape index (κ3) is 29.9. The van der Waals surface area contributed by atoms with Gasteiger partial charge in [-0.2, -0.15) is 0 Å². The lowest BCUT2D eigenvalue weighted by atomic mass is 10.0. The molecule has 0 amide bonds. The van der Waals surface area contributed by atoms with E-state index >= 15 is 0 Å². The summed E-state index contributed by atoms with van der Waals surface area (Å²) in [5, 5.41) is 27.3. The van der Waals surface area contributed by atoms with Gasteiger partial charge in [0.2, 0.25) is 0 Å². The average molecular weight is 611 g/mol. The number of hydrogen-bond acceptors (Lipinski definition) is 3. The van der Waals surface area contributed by atoms with Gasteiger partial charge in [-0.15, -0.1) is 0 Å². The maximum Gasteiger partial charge on any atom is 0.303 e. The molecule has 0 aliphatic carbocycles. The normalized spacial score (nSPS) is 11.8. The second-order valence-corrected chi connectivity index (χ2v) is 12.8. The molecule has 0 atom stereocenters. The molecule has 0 aromatic rings. The highest BCUT2D eigenvalue weighted by Gasteiger charge is 2.27. The number of allylic oxidation sites excluding steroid dienone is 2. The van der Waals surface area contributed by atoms with Crippen molar-refractivity contribution in [1.82, 2.24) is 0 Å². The van der Waals surface area contributed by atoms with Gasteiger partial charge in [-0.05, 0) is 38.5 Å². The fourth-order valence-electron chi connectivity index (χ4n) is 6.12. The quantitative estimate of drug-likeness (QED) is 0.0380. The van der Waals surface area contributed by atoms with E-state index in [1.54, 1.807) is 0 Å². The van der Waals surface area contributed by atoms with Crippen LogP contribution in [0.1, 0.15) is 174 Å². The second kappa shape index (κ2) is 30.1. The number of rotatable bonds is 34. The van der Waals surface area contributed by atoms with Gasteiger partial charge in [0.15, 0.2) is 0 Å². The van der Waals surface area contributed by atoms with Crippen LogP contribution in [0.3, 0.4) is 0 Å². The zero-order valence-electron chi connectivity index (χ0n) is 27.9. The molecule has 0 aromatic carbocycles. The van der Waals surface area contributed by atoms with E-state index in [9.17, 15) is 14.4 Å². The smallest absolute Gasteiger partial charge is 0.303 e. The van der Waals surface area contributed by atoms with Crippen LogP contribution >= 0.6 is 0 Å². The third-order valence-electron chi connectivity index (χ3n) is 8.71. The van der Waals surface area contributed by atoms with Gasteiger partial charge < -0.3 is 19.8 Å². The van der Waals surface area contributed by atoms with Crippen molar-refractivity contribution in [2.45, 2.75) is 174 Å². The molecule has 0 heterocycles. The summed E-state index contributed by atoms with van der Waals surface area (Å²) in [5.74, 6) is -2.47. The molecule has 0 bridgehead atoms. The van der Waals surface area contributed by atoms with Crippen molar-refractivity contribution < 1.29 is 34.2 Å². The fraction of sp³-hybridized carbons (Fsp3) is 0.861. The molecule has 0 spiro atoms. The van der Waals surface area contributed by atoms with Crippen molar-refractivity contribution in [3.8, 4) is 0 Å². The van der Waals surface area contributed by atoms with Crippen molar-refractivity contribution in [1.29, 1.82) is 0 Å². The largest absolute Gasteiger partial charge is 0.481 e. The van der Waals surface area contributed by atoms with Crippen molar-refractivity contribution in [3.63, 3.8) is 0 Å². The zero-order valence-corrected chi connectivity index (χ0v) is 27.9. The van der Waals surface area contributed by atoms with E-state index in [-0.39, 0.29) is 19.3 Å². The predicted octanol–water partition coefficient (Wildman–Crippen LogP) is 9.78. The first-order chi connectivity index (χ1) is 20.8. The van der Waals surface area contributed by atoms with E-state index in [4.69, 9.17) is 15.3 Å². The van der Waals surface area contributed by atoms with Gasteiger partial charge in [-0.3, -0.25) is 14.4 Å². The number of carbonyl (C=O) groups is 3. The molecule has 3 N–H and O–H groups in total. The summed E-state index contributed by atoms with van der Waals surface area (Å²) in [6.45, 7) is 5.14. The lowest BCUT2D eigenvalue weighted by Gasteiger charge is -2.39. The van der Waals surface area contributed by atoms with Gasteiger partial charge in [0.25, 0.3) is 0 Å². The molecule has 0 unspecified atom stereocenters. The summed E-state index contributed by atoms with van der Waals surface area (Å²) in [6, 6.07) is 0. The first-order valence-electron chi connectivity index (χ1n) is 18.0. The molecule has 0 fully saturated rings. The Bertz CT molecular complexity index is 658. The SMILES string of the molecule is CCCCCCCCCCCC/C=C/CCCCCCCCCC[N+](CCCC(=O)O)(CCCC(=O)O)CCCC(=O)O. The first kappa shape index (κ1) is 41.1. The molecule has 0 saturated heterocycles.